The van der Waals surface area contributed by atoms with Crippen LogP contribution in [-0.2, 0) is 9.59 Å². The first kappa shape index (κ1) is 16.4. The van der Waals surface area contributed by atoms with E-state index in [4.69, 9.17) is 5.73 Å². The molecular formula is C15H19BrN2O2S. The molecule has 1 heterocycles. The third kappa shape index (κ3) is 4.48. The van der Waals surface area contributed by atoms with E-state index in [-0.39, 0.29) is 23.0 Å². The van der Waals surface area contributed by atoms with E-state index in [1.807, 2.05) is 31.2 Å². The number of carbonyl (C=O) groups excluding carboxylic acids is 2. The van der Waals surface area contributed by atoms with Crippen molar-refractivity contribution < 1.29 is 9.59 Å². The maximum atomic E-state index is 12.5. The molecule has 0 radical (unpaired) electrons. The van der Waals surface area contributed by atoms with Crippen molar-refractivity contribution in [2.75, 3.05) is 13.1 Å². The summed E-state index contributed by atoms with van der Waals surface area (Å²) >= 11 is 4.93. The highest BCUT2D eigenvalue weighted by Gasteiger charge is 2.29. The number of rotatable bonds is 4. The van der Waals surface area contributed by atoms with E-state index < -0.39 is 0 Å². The van der Waals surface area contributed by atoms with Crippen LogP contribution in [0, 0.1) is 5.92 Å². The highest BCUT2D eigenvalue weighted by atomic mass is 79.9. The third-order valence-electron chi connectivity index (χ3n) is 3.61. The van der Waals surface area contributed by atoms with Crippen molar-refractivity contribution >= 4 is 39.5 Å². The molecule has 1 saturated heterocycles. The fourth-order valence-electron chi connectivity index (χ4n) is 2.43. The van der Waals surface area contributed by atoms with Crippen LogP contribution in [0.3, 0.4) is 0 Å². The van der Waals surface area contributed by atoms with Gasteiger partial charge in [0, 0.05) is 22.5 Å². The van der Waals surface area contributed by atoms with Crippen LogP contribution in [0.5, 0.6) is 0 Å². The number of thioether (sulfide) groups is 1. The SMILES string of the molecule is CC(Sc1ccc(Br)cc1)C(=O)N1CCCC(C(N)=O)C1. The molecule has 1 aliphatic heterocycles. The van der Waals surface area contributed by atoms with Gasteiger partial charge in [0.25, 0.3) is 0 Å². The molecule has 4 nitrogen and oxygen atoms in total. The fraction of sp³-hybridized carbons (Fsp3) is 0.467. The van der Waals surface area contributed by atoms with E-state index in [9.17, 15) is 9.59 Å². The largest absolute Gasteiger partial charge is 0.369 e. The second-order valence-corrected chi connectivity index (χ2v) is 7.57. The van der Waals surface area contributed by atoms with Gasteiger partial charge in [0.1, 0.15) is 0 Å². The molecule has 21 heavy (non-hydrogen) atoms. The molecule has 1 aromatic rings. The first-order chi connectivity index (χ1) is 9.97. The summed E-state index contributed by atoms with van der Waals surface area (Å²) in [6.07, 6.45) is 1.63. The zero-order valence-electron chi connectivity index (χ0n) is 11.9. The summed E-state index contributed by atoms with van der Waals surface area (Å²) in [6.45, 7) is 3.08. The quantitative estimate of drug-likeness (QED) is 0.828. The first-order valence-electron chi connectivity index (χ1n) is 6.97. The Balaban J connectivity index is 1.95. The van der Waals surface area contributed by atoms with Gasteiger partial charge in [-0.15, -0.1) is 11.8 Å². The van der Waals surface area contributed by atoms with Gasteiger partial charge in [0.2, 0.25) is 11.8 Å². The Morgan fingerprint density at radius 1 is 1.38 bits per heavy atom. The zero-order valence-corrected chi connectivity index (χ0v) is 14.3. The molecule has 6 heteroatoms. The molecule has 2 unspecified atom stereocenters. The molecule has 2 atom stereocenters. The zero-order chi connectivity index (χ0) is 15.4. The van der Waals surface area contributed by atoms with E-state index in [0.717, 1.165) is 22.2 Å². The average Bonchev–Trinajstić information content (AvgIpc) is 2.49. The molecule has 0 spiro atoms. The maximum absolute atomic E-state index is 12.5. The molecule has 2 rings (SSSR count). The van der Waals surface area contributed by atoms with Crippen molar-refractivity contribution in [3.8, 4) is 0 Å². The Kier molecular flexibility index (Phi) is 5.70. The van der Waals surface area contributed by atoms with Crippen LogP contribution in [0.25, 0.3) is 0 Å². The molecule has 1 aromatic carbocycles. The lowest BCUT2D eigenvalue weighted by molar-refractivity contribution is -0.134. The molecule has 0 bridgehead atoms. The standard InChI is InChI=1S/C15H19BrN2O2S/c1-10(21-13-6-4-12(16)5-7-13)15(20)18-8-2-3-11(9-18)14(17)19/h4-7,10-11H,2-3,8-9H2,1H3,(H2,17,19). The number of hydrogen-bond donors (Lipinski definition) is 1. The molecular weight excluding hydrogens is 352 g/mol. The monoisotopic (exact) mass is 370 g/mol. The van der Waals surface area contributed by atoms with E-state index in [0.29, 0.717) is 13.1 Å². The van der Waals surface area contributed by atoms with Gasteiger partial charge in [-0.2, -0.15) is 0 Å². The van der Waals surface area contributed by atoms with Gasteiger partial charge in [-0.3, -0.25) is 9.59 Å². The van der Waals surface area contributed by atoms with Gasteiger partial charge < -0.3 is 10.6 Å². The number of nitrogens with zero attached hydrogens (tertiary/aromatic N) is 1. The van der Waals surface area contributed by atoms with E-state index in [1.54, 1.807) is 4.90 Å². The van der Waals surface area contributed by atoms with Gasteiger partial charge in [-0.05, 0) is 44.0 Å². The molecule has 0 saturated carbocycles. The average molecular weight is 371 g/mol. The van der Waals surface area contributed by atoms with Crippen LogP contribution < -0.4 is 5.73 Å². The van der Waals surface area contributed by atoms with Crippen LogP contribution in [-0.4, -0.2) is 35.1 Å². The molecule has 2 amide bonds. The van der Waals surface area contributed by atoms with Crippen LogP contribution in [0.4, 0.5) is 0 Å². The smallest absolute Gasteiger partial charge is 0.235 e. The number of amides is 2. The third-order valence-corrected chi connectivity index (χ3v) is 5.24. The number of nitrogens with two attached hydrogens (primary N) is 1. The Labute approximate surface area is 137 Å². The summed E-state index contributed by atoms with van der Waals surface area (Å²) in [4.78, 5) is 26.6. The van der Waals surface area contributed by atoms with Crippen LogP contribution in [0.2, 0.25) is 0 Å². The van der Waals surface area contributed by atoms with Gasteiger partial charge >= 0.3 is 0 Å². The Bertz CT molecular complexity index is 521. The number of halogens is 1. The lowest BCUT2D eigenvalue weighted by atomic mass is 9.97. The van der Waals surface area contributed by atoms with Crippen molar-refractivity contribution in [2.45, 2.75) is 29.9 Å². The number of benzene rings is 1. The lowest BCUT2D eigenvalue weighted by Crippen LogP contribution is -2.46. The minimum Gasteiger partial charge on any atom is -0.369 e. The van der Waals surface area contributed by atoms with Crippen molar-refractivity contribution in [2.24, 2.45) is 11.7 Å². The van der Waals surface area contributed by atoms with Crippen molar-refractivity contribution in [1.82, 2.24) is 4.90 Å². The topological polar surface area (TPSA) is 63.4 Å². The Morgan fingerprint density at radius 3 is 2.67 bits per heavy atom. The normalized spacial score (nSPS) is 20.1. The van der Waals surface area contributed by atoms with Crippen molar-refractivity contribution in [3.05, 3.63) is 28.7 Å². The second kappa shape index (κ2) is 7.31. The summed E-state index contributed by atoms with van der Waals surface area (Å²) in [7, 11) is 0. The van der Waals surface area contributed by atoms with Gasteiger partial charge in [-0.1, -0.05) is 15.9 Å². The van der Waals surface area contributed by atoms with Crippen LogP contribution in [0.1, 0.15) is 19.8 Å². The number of likely N-dealkylation sites (tertiary alicyclic amines) is 1. The van der Waals surface area contributed by atoms with E-state index in [1.165, 1.54) is 11.8 Å². The van der Waals surface area contributed by atoms with Crippen LogP contribution in [0.15, 0.2) is 33.6 Å². The molecule has 0 aromatic heterocycles. The Morgan fingerprint density at radius 2 is 2.05 bits per heavy atom. The highest BCUT2D eigenvalue weighted by Crippen LogP contribution is 2.27. The summed E-state index contributed by atoms with van der Waals surface area (Å²) in [5, 5.41) is -0.169. The van der Waals surface area contributed by atoms with Crippen LogP contribution >= 0.6 is 27.7 Å². The number of primary amides is 1. The van der Waals surface area contributed by atoms with Gasteiger partial charge in [-0.25, -0.2) is 0 Å². The Hall–Kier alpha value is -1.01. The maximum Gasteiger partial charge on any atom is 0.235 e. The minimum atomic E-state index is -0.305. The van der Waals surface area contributed by atoms with Crippen molar-refractivity contribution in [3.63, 3.8) is 0 Å². The summed E-state index contributed by atoms with van der Waals surface area (Å²) in [5.74, 6) is -0.429. The molecule has 2 N–H and O–H groups in total. The molecule has 1 fully saturated rings. The molecule has 1 aliphatic rings. The van der Waals surface area contributed by atoms with E-state index in [2.05, 4.69) is 15.9 Å². The second-order valence-electron chi connectivity index (χ2n) is 5.24. The predicted molar refractivity (Wildman–Crippen MR) is 88.0 cm³/mol. The highest BCUT2D eigenvalue weighted by molar-refractivity contribution is 9.10. The minimum absolute atomic E-state index is 0.0777. The molecule has 114 valence electrons. The summed E-state index contributed by atoms with van der Waals surface area (Å²) in [6, 6.07) is 7.90. The predicted octanol–water partition coefficient (Wildman–Crippen LogP) is 2.65. The number of hydrogen-bond acceptors (Lipinski definition) is 3. The number of carbonyl (C=O) groups is 2. The summed E-state index contributed by atoms with van der Waals surface area (Å²) < 4.78 is 1.02. The van der Waals surface area contributed by atoms with Gasteiger partial charge in [0.05, 0.1) is 11.2 Å². The fourth-order valence-corrected chi connectivity index (χ4v) is 3.65. The van der Waals surface area contributed by atoms with Gasteiger partial charge in [0.15, 0.2) is 0 Å². The van der Waals surface area contributed by atoms with Crippen molar-refractivity contribution in [1.29, 1.82) is 0 Å². The number of piperidine rings is 1. The first-order valence-corrected chi connectivity index (χ1v) is 8.65. The molecule has 0 aliphatic carbocycles. The lowest BCUT2D eigenvalue weighted by Gasteiger charge is -2.32. The summed E-state index contributed by atoms with van der Waals surface area (Å²) in [5.41, 5.74) is 5.36. The van der Waals surface area contributed by atoms with E-state index >= 15 is 0 Å².